The molecular weight excluding hydrogens is 387 g/mol. The number of hydrazone groups is 1. The number of ketones is 1. The fourth-order valence-corrected chi connectivity index (χ4v) is 3.74. The number of carbonyl (C=O) groups excluding carboxylic acids is 1. The fourth-order valence-electron chi connectivity index (χ4n) is 3.05. The van der Waals surface area contributed by atoms with Crippen molar-refractivity contribution in [3.63, 3.8) is 0 Å². The van der Waals surface area contributed by atoms with Crippen LogP contribution in [0.5, 0.6) is 0 Å². The minimum absolute atomic E-state index is 0. The van der Waals surface area contributed by atoms with Crippen LogP contribution in [-0.4, -0.2) is 24.5 Å². The van der Waals surface area contributed by atoms with Gasteiger partial charge in [-0.2, -0.15) is 5.10 Å². The van der Waals surface area contributed by atoms with E-state index in [9.17, 15) is 17.8 Å². The minimum atomic E-state index is -4.61. The first-order valence-corrected chi connectivity index (χ1v) is 9.49. The molecule has 0 aromatic heterocycles. The number of rotatable bonds is 3. The van der Waals surface area contributed by atoms with Gasteiger partial charge in [0.1, 0.15) is 15.8 Å². The molecule has 0 aliphatic heterocycles. The average molecular weight is 400 g/mol. The Kier molecular flexibility index (Phi) is 5.83. The number of nitrogens with zero attached hydrogens (tertiary/aromatic N) is 1. The van der Waals surface area contributed by atoms with Crippen LogP contribution >= 0.6 is 0 Å². The number of allylic oxidation sites excluding steroid dienone is 1. The van der Waals surface area contributed by atoms with E-state index in [1.807, 2.05) is 24.3 Å². The molecule has 0 unspecified atom stereocenters. The van der Waals surface area contributed by atoms with Gasteiger partial charge in [-0.3, -0.25) is 10.2 Å². The Morgan fingerprint density at radius 1 is 0.857 bits per heavy atom. The molecule has 0 spiro atoms. The Bertz CT molecular complexity index is 1250. The van der Waals surface area contributed by atoms with E-state index in [0.717, 1.165) is 5.56 Å². The van der Waals surface area contributed by atoms with Crippen molar-refractivity contribution < 1.29 is 47.3 Å². The van der Waals surface area contributed by atoms with E-state index in [2.05, 4.69) is 10.5 Å². The topological polar surface area (TPSA) is 98.7 Å². The molecule has 8 heteroatoms. The third kappa shape index (κ3) is 3.80. The van der Waals surface area contributed by atoms with Crippen LogP contribution in [0.25, 0.3) is 16.8 Å². The molecule has 0 amide bonds. The molecule has 0 radical (unpaired) electrons. The van der Waals surface area contributed by atoms with Gasteiger partial charge in [0, 0.05) is 16.3 Å². The maximum Gasteiger partial charge on any atom is 1.00 e. The first-order valence-electron chi connectivity index (χ1n) is 8.08. The Balaban J connectivity index is 0.00000225. The molecule has 0 saturated heterocycles. The zero-order valence-electron chi connectivity index (χ0n) is 14.9. The van der Waals surface area contributed by atoms with E-state index >= 15 is 0 Å². The van der Waals surface area contributed by atoms with Crippen molar-refractivity contribution in [1.82, 2.24) is 0 Å². The molecule has 6 nitrogen and oxygen atoms in total. The number of nitrogens with one attached hydrogen (secondary N) is 1. The summed E-state index contributed by atoms with van der Waals surface area (Å²) < 4.78 is 34.5. The van der Waals surface area contributed by atoms with Gasteiger partial charge in [-0.1, -0.05) is 54.6 Å². The summed E-state index contributed by atoms with van der Waals surface area (Å²) in [7, 11) is -4.61. The number of fused-ring (bicyclic) bond motifs is 2. The molecule has 4 rings (SSSR count). The van der Waals surface area contributed by atoms with Gasteiger partial charge >= 0.3 is 29.6 Å². The maximum atomic E-state index is 12.2. The van der Waals surface area contributed by atoms with Crippen molar-refractivity contribution in [2.45, 2.75) is 4.90 Å². The van der Waals surface area contributed by atoms with Crippen molar-refractivity contribution in [3.05, 3.63) is 77.9 Å². The van der Waals surface area contributed by atoms with Crippen LogP contribution in [0.2, 0.25) is 0 Å². The molecule has 3 aromatic carbocycles. The molecule has 0 saturated carbocycles. The zero-order valence-corrected chi connectivity index (χ0v) is 17.7. The molecule has 0 heterocycles. The smallest absolute Gasteiger partial charge is 0.744 e. The van der Waals surface area contributed by atoms with Crippen LogP contribution in [0.4, 0.5) is 5.69 Å². The SMILES string of the molecule is O=C1C=Cc2ccccc2/C1=N\Nc1ccc(S(=O)(=O)[O-])c2ccccc12.[Na+]. The van der Waals surface area contributed by atoms with Crippen molar-refractivity contribution in [2.75, 3.05) is 5.43 Å². The molecule has 28 heavy (non-hydrogen) atoms. The van der Waals surface area contributed by atoms with Crippen LogP contribution in [0.15, 0.2) is 76.7 Å². The Hall–Kier alpha value is -2.29. The average Bonchev–Trinajstić information content (AvgIpc) is 2.66. The summed E-state index contributed by atoms with van der Waals surface area (Å²) >= 11 is 0. The van der Waals surface area contributed by atoms with Crippen LogP contribution in [0, 0.1) is 0 Å². The van der Waals surface area contributed by atoms with E-state index in [-0.39, 0.29) is 45.9 Å². The van der Waals surface area contributed by atoms with Crippen molar-refractivity contribution in [1.29, 1.82) is 0 Å². The Morgan fingerprint density at radius 3 is 2.29 bits per heavy atom. The number of hydrogen-bond donors (Lipinski definition) is 1. The normalized spacial score (nSPS) is 14.6. The molecular formula is C20H13N2NaO4S. The largest absolute Gasteiger partial charge is 1.00 e. The molecule has 0 atom stereocenters. The molecule has 1 N–H and O–H groups in total. The summed E-state index contributed by atoms with van der Waals surface area (Å²) in [5.41, 5.74) is 5.19. The molecule has 0 bridgehead atoms. The van der Waals surface area contributed by atoms with Gasteiger partial charge < -0.3 is 4.55 Å². The van der Waals surface area contributed by atoms with E-state index in [0.29, 0.717) is 22.0 Å². The van der Waals surface area contributed by atoms with Gasteiger partial charge in [-0.05, 0) is 23.8 Å². The predicted octanol–water partition coefficient (Wildman–Crippen LogP) is 0.160. The van der Waals surface area contributed by atoms with Gasteiger partial charge in [0.15, 0.2) is 0 Å². The van der Waals surface area contributed by atoms with Gasteiger partial charge in [-0.15, -0.1) is 0 Å². The second-order valence-electron chi connectivity index (χ2n) is 5.97. The first kappa shape index (κ1) is 20.4. The van der Waals surface area contributed by atoms with Crippen molar-refractivity contribution in [3.8, 4) is 0 Å². The maximum absolute atomic E-state index is 12.2. The number of anilines is 1. The summed E-state index contributed by atoms with van der Waals surface area (Å²) in [5.74, 6) is -0.232. The van der Waals surface area contributed by atoms with Crippen molar-refractivity contribution >= 4 is 44.1 Å². The quantitative estimate of drug-likeness (QED) is 0.384. The van der Waals surface area contributed by atoms with Gasteiger partial charge in [-0.25, -0.2) is 8.42 Å². The van der Waals surface area contributed by atoms with Gasteiger partial charge in [0.05, 0.1) is 10.6 Å². The van der Waals surface area contributed by atoms with E-state index in [1.54, 1.807) is 30.3 Å². The Labute approximate surface area is 184 Å². The van der Waals surface area contributed by atoms with Crippen LogP contribution in [0.1, 0.15) is 11.1 Å². The monoisotopic (exact) mass is 400 g/mol. The van der Waals surface area contributed by atoms with E-state index < -0.39 is 10.1 Å². The van der Waals surface area contributed by atoms with Crippen LogP contribution in [0.3, 0.4) is 0 Å². The summed E-state index contributed by atoms with van der Waals surface area (Å²) in [6, 6.07) is 16.7. The van der Waals surface area contributed by atoms with Crippen LogP contribution < -0.4 is 35.0 Å². The summed E-state index contributed by atoms with van der Waals surface area (Å²) in [6.07, 6.45) is 3.19. The number of benzene rings is 3. The Morgan fingerprint density at radius 2 is 1.54 bits per heavy atom. The summed E-state index contributed by atoms with van der Waals surface area (Å²) in [4.78, 5) is 12.0. The third-order valence-electron chi connectivity index (χ3n) is 4.31. The van der Waals surface area contributed by atoms with Gasteiger partial charge in [0.2, 0.25) is 5.78 Å². The standard InChI is InChI=1S/C20H14N2O4S.Na/c23-18-11-9-13-5-1-2-6-14(13)20(18)22-21-17-10-12-19(27(24,25)26)16-8-4-3-7-15(16)17;/h1-12,21H,(H,24,25,26);/q;+1/p-1/b22-20+;. The van der Waals surface area contributed by atoms with Crippen molar-refractivity contribution in [2.24, 2.45) is 5.10 Å². The number of carbonyl (C=O) groups is 1. The first-order chi connectivity index (χ1) is 12.9. The van der Waals surface area contributed by atoms with Crippen LogP contribution in [-0.2, 0) is 14.9 Å². The molecule has 3 aromatic rings. The molecule has 1 aliphatic rings. The molecule has 0 fully saturated rings. The molecule has 1 aliphatic carbocycles. The zero-order chi connectivity index (χ0) is 19.0. The van der Waals surface area contributed by atoms with E-state index in [4.69, 9.17) is 0 Å². The summed E-state index contributed by atoms with van der Waals surface area (Å²) in [6.45, 7) is 0. The van der Waals surface area contributed by atoms with E-state index in [1.165, 1.54) is 18.2 Å². The second kappa shape index (κ2) is 7.98. The molecule has 134 valence electrons. The number of hydrogen-bond acceptors (Lipinski definition) is 6. The third-order valence-corrected chi connectivity index (χ3v) is 5.20. The second-order valence-corrected chi connectivity index (χ2v) is 7.32. The summed E-state index contributed by atoms with van der Waals surface area (Å²) in [5, 5.41) is 5.07. The van der Waals surface area contributed by atoms with Gasteiger partial charge in [0.25, 0.3) is 0 Å². The predicted molar refractivity (Wildman–Crippen MR) is 103 cm³/mol. The fraction of sp³-hybridized carbons (Fsp3) is 0. The minimum Gasteiger partial charge on any atom is -0.744 e.